The van der Waals surface area contributed by atoms with E-state index in [0.717, 1.165) is 5.56 Å². The molecule has 82 valence electrons. The first-order chi connectivity index (χ1) is 6.90. The van der Waals surface area contributed by atoms with Crippen molar-refractivity contribution in [3.63, 3.8) is 0 Å². The van der Waals surface area contributed by atoms with Gasteiger partial charge in [-0.3, -0.25) is 0 Å². The molecule has 0 aliphatic carbocycles. The van der Waals surface area contributed by atoms with Crippen molar-refractivity contribution in [1.82, 2.24) is 0 Å². The Labute approximate surface area is 91.1 Å². The van der Waals surface area contributed by atoms with Gasteiger partial charge in [0, 0.05) is 0 Å². The Morgan fingerprint density at radius 2 is 1.80 bits per heavy atom. The van der Waals surface area contributed by atoms with Crippen molar-refractivity contribution in [2.24, 2.45) is 0 Å². The highest BCUT2D eigenvalue weighted by Crippen LogP contribution is 2.11. The van der Waals surface area contributed by atoms with E-state index in [1.165, 1.54) is 0 Å². The van der Waals surface area contributed by atoms with Crippen LogP contribution < -0.4 is 0 Å². The van der Waals surface area contributed by atoms with Crippen molar-refractivity contribution < 1.29 is 14.3 Å². The zero-order valence-electron chi connectivity index (χ0n) is 9.53. The molecule has 3 nitrogen and oxygen atoms in total. The first kappa shape index (κ1) is 11.9. The van der Waals surface area contributed by atoms with Crippen LogP contribution in [0.25, 0.3) is 0 Å². The molecule has 0 unspecified atom stereocenters. The van der Waals surface area contributed by atoms with Crippen LogP contribution in [-0.4, -0.2) is 14.3 Å². The Balaban J connectivity index is 2.66. The van der Waals surface area contributed by atoms with Gasteiger partial charge in [0.1, 0.15) is 0 Å². The normalized spacial score (nSPS) is 11.2. The second kappa shape index (κ2) is 4.59. The summed E-state index contributed by atoms with van der Waals surface area (Å²) >= 11 is 0. The van der Waals surface area contributed by atoms with Crippen LogP contribution in [-0.2, 0) is 9.46 Å². The monoisotopic (exact) mass is 224 g/mol. The van der Waals surface area contributed by atoms with Gasteiger partial charge in [-0.2, -0.15) is 0 Å². The molecular formula is C11H16O3Si. The molecule has 0 aliphatic heterocycles. The third-order valence-corrected chi connectivity index (χ3v) is 2.32. The predicted octanol–water partition coefficient (Wildman–Crippen LogP) is 2.92. The van der Waals surface area contributed by atoms with E-state index >= 15 is 0 Å². The van der Waals surface area contributed by atoms with E-state index in [-0.39, 0.29) is 0 Å². The number of aryl methyl sites for hydroxylation is 1. The van der Waals surface area contributed by atoms with Crippen LogP contribution in [0.4, 0.5) is 0 Å². The Morgan fingerprint density at radius 3 is 2.33 bits per heavy atom. The topological polar surface area (TPSA) is 35.5 Å². The van der Waals surface area contributed by atoms with Gasteiger partial charge in [0.25, 0.3) is 0 Å². The summed E-state index contributed by atoms with van der Waals surface area (Å²) in [5.74, 6) is -0.421. The van der Waals surface area contributed by atoms with E-state index in [1.807, 2.05) is 38.7 Å². The molecule has 0 bridgehead atoms. The SMILES string of the molecule is Cc1ccccc1C(=O)OO[Si](C)(C)C. The molecule has 0 aromatic heterocycles. The number of carbonyl (C=O) groups is 1. The van der Waals surface area contributed by atoms with Gasteiger partial charge >= 0.3 is 5.97 Å². The Hall–Kier alpha value is -1.13. The lowest BCUT2D eigenvalue weighted by Gasteiger charge is -2.14. The van der Waals surface area contributed by atoms with Crippen molar-refractivity contribution in [3.8, 4) is 0 Å². The van der Waals surface area contributed by atoms with Crippen molar-refractivity contribution in [3.05, 3.63) is 35.4 Å². The zero-order chi connectivity index (χ0) is 11.5. The molecule has 0 amide bonds. The summed E-state index contributed by atoms with van der Waals surface area (Å²) in [4.78, 5) is 16.4. The lowest BCUT2D eigenvalue weighted by Crippen LogP contribution is -2.27. The van der Waals surface area contributed by atoms with Crippen LogP contribution in [0.2, 0.25) is 19.6 Å². The number of hydrogen-bond donors (Lipinski definition) is 0. The fourth-order valence-electron chi connectivity index (χ4n) is 1.01. The summed E-state index contributed by atoms with van der Waals surface area (Å²) in [5.41, 5.74) is 1.44. The van der Waals surface area contributed by atoms with Gasteiger partial charge in [0.2, 0.25) is 8.32 Å². The minimum atomic E-state index is -1.81. The van der Waals surface area contributed by atoms with Crippen molar-refractivity contribution in [2.75, 3.05) is 0 Å². The van der Waals surface area contributed by atoms with E-state index in [0.29, 0.717) is 5.56 Å². The summed E-state index contributed by atoms with van der Waals surface area (Å²) in [6.45, 7) is 7.74. The standard InChI is InChI=1S/C11H16O3Si/c1-9-7-5-6-8-10(9)11(12)13-14-15(2,3)4/h5-8H,1-4H3. The molecule has 0 heterocycles. The van der Waals surface area contributed by atoms with Crippen LogP contribution in [0.15, 0.2) is 24.3 Å². The third-order valence-electron chi connectivity index (χ3n) is 1.73. The lowest BCUT2D eigenvalue weighted by molar-refractivity contribution is -0.159. The van der Waals surface area contributed by atoms with Crippen LogP contribution in [0.5, 0.6) is 0 Å². The highest BCUT2D eigenvalue weighted by Gasteiger charge is 2.20. The number of hydrogen-bond acceptors (Lipinski definition) is 3. The first-order valence-electron chi connectivity index (χ1n) is 4.86. The van der Waals surface area contributed by atoms with Crippen molar-refractivity contribution >= 4 is 14.3 Å². The molecule has 1 rings (SSSR count). The van der Waals surface area contributed by atoms with Crippen LogP contribution in [0.1, 0.15) is 15.9 Å². The summed E-state index contributed by atoms with van der Waals surface area (Å²) in [6.07, 6.45) is 0. The summed E-state index contributed by atoms with van der Waals surface area (Å²) in [5, 5.41) is 0. The maximum absolute atomic E-state index is 11.6. The second-order valence-corrected chi connectivity index (χ2v) is 8.77. The molecule has 1 aromatic carbocycles. The molecule has 1 aromatic rings. The predicted molar refractivity (Wildman–Crippen MR) is 61.0 cm³/mol. The Kier molecular flexibility index (Phi) is 3.65. The van der Waals surface area contributed by atoms with Gasteiger partial charge in [-0.05, 0) is 38.2 Å². The van der Waals surface area contributed by atoms with Crippen LogP contribution in [0, 0.1) is 6.92 Å². The summed E-state index contributed by atoms with van der Waals surface area (Å²) in [7, 11) is -1.81. The van der Waals surface area contributed by atoms with Crippen LogP contribution in [0.3, 0.4) is 0 Å². The molecule has 15 heavy (non-hydrogen) atoms. The highest BCUT2D eigenvalue weighted by atomic mass is 28.4. The van der Waals surface area contributed by atoms with E-state index in [2.05, 4.69) is 0 Å². The molecule has 0 radical (unpaired) electrons. The quantitative estimate of drug-likeness (QED) is 0.450. The Bertz CT molecular complexity index is 355. The first-order valence-corrected chi connectivity index (χ1v) is 8.26. The van der Waals surface area contributed by atoms with Crippen molar-refractivity contribution in [2.45, 2.75) is 26.6 Å². The molecule has 4 heteroatoms. The fraction of sp³-hybridized carbons (Fsp3) is 0.364. The number of benzene rings is 1. The molecule has 0 spiro atoms. The van der Waals surface area contributed by atoms with E-state index in [1.54, 1.807) is 12.1 Å². The lowest BCUT2D eigenvalue weighted by atomic mass is 10.1. The molecule has 0 saturated carbocycles. The molecule has 0 atom stereocenters. The van der Waals surface area contributed by atoms with Gasteiger partial charge in [-0.1, -0.05) is 18.2 Å². The van der Waals surface area contributed by atoms with Gasteiger partial charge in [0.15, 0.2) is 0 Å². The van der Waals surface area contributed by atoms with Crippen LogP contribution >= 0.6 is 0 Å². The minimum Gasteiger partial charge on any atom is -0.305 e. The van der Waals surface area contributed by atoms with E-state index in [9.17, 15) is 4.79 Å². The van der Waals surface area contributed by atoms with Gasteiger partial charge < -0.3 is 4.89 Å². The number of carbonyl (C=O) groups excluding carboxylic acids is 1. The largest absolute Gasteiger partial charge is 0.371 e. The van der Waals surface area contributed by atoms with Crippen molar-refractivity contribution in [1.29, 1.82) is 0 Å². The van der Waals surface area contributed by atoms with E-state index in [4.69, 9.17) is 9.46 Å². The van der Waals surface area contributed by atoms with Gasteiger partial charge in [-0.25, -0.2) is 9.37 Å². The average molecular weight is 224 g/mol. The Morgan fingerprint density at radius 1 is 1.20 bits per heavy atom. The number of rotatable bonds is 3. The minimum absolute atomic E-state index is 0.421. The maximum Gasteiger partial charge on any atom is 0.371 e. The molecule has 0 fully saturated rings. The third kappa shape index (κ3) is 3.85. The zero-order valence-corrected chi connectivity index (χ0v) is 10.5. The van der Waals surface area contributed by atoms with Gasteiger partial charge in [0.05, 0.1) is 5.56 Å². The maximum atomic E-state index is 11.6. The summed E-state index contributed by atoms with van der Waals surface area (Å²) < 4.78 is 5.09. The smallest absolute Gasteiger partial charge is 0.305 e. The average Bonchev–Trinajstić information content (AvgIpc) is 2.14. The summed E-state index contributed by atoms with van der Waals surface area (Å²) in [6, 6.07) is 7.28. The highest BCUT2D eigenvalue weighted by molar-refractivity contribution is 6.69. The molecular weight excluding hydrogens is 208 g/mol. The molecule has 0 saturated heterocycles. The fourth-order valence-corrected chi connectivity index (χ4v) is 1.34. The molecule has 0 aliphatic rings. The van der Waals surface area contributed by atoms with E-state index < -0.39 is 14.3 Å². The van der Waals surface area contributed by atoms with Gasteiger partial charge in [-0.15, -0.1) is 0 Å². The second-order valence-electron chi connectivity index (χ2n) is 4.38. The molecule has 0 N–H and O–H groups in total.